The van der Waals surface area contributed by atoms with Gasteiger partial charge in [0.2, 0.25) is 5.91 Å². The fraction of sp³-hybridized carbons (Fsp3) is 0.484. The normalized spacial score (nSPS) is 19.0. The second kappa shape index (κ2) is 13.0. The monoisotopic (exact) mass is 503 g/mol. The van der Waals surface area contributed by atoms with Gasteiger partial charge >= 0.3 is 0 Å². The third-order valence-electron chi connectivity index (χ3n) is 7.32. The number of allylic oxidation sites excluding steroid dienone is 4. The number of rotatable bonds is 10. The summed E-state index contributed by atoms with van der Waals surface area (Å²) in [5.74, 6) is 0.692. The number of ether oxygens (including phenoxy) is 2. The Labute approximate surface area is 221 Å². The van der Waals surface area contributed by atoms with E-state index >= 15 is 0 Å². The molecule has 1 amide bonds. The number of hydrogen-bond donors (Lipinski definition) is 0. The summed E-state index contributed by atoms with van der Waals surface area (Å²) in [7, 11) is 0. The highest BCUT2D eigenvalue weighted by Gasteiger charge is 2.29. The smallest absolute Gasteiger partial charge is 0.224 e. The Kier molecular flexibility index (Phi) is 9.53. The number of pyridine rings is 1. The van der Waals surface area contributed by atoms with Gasteiger partial charge in [-0.05, 0) is 87.5 Å². The highest BCUT2D eigenvalue weighted by molar-refractivity contribution is 6.04. The summed E-state index contributed by atoms with van der Waals surface area (Å²) >= 11 is 0. The number of anilines is 1. The van der Waals surface area contributed by atoms with Crippen LogP contribution in [0.4, 0.5) is 5.69 Å². The van der Waals surface area contributed by atoms with Crippen molar-refractivity contribution in [3.63, 3.8) is 0 Å². The minimum Gasteiger partial charge on any atom is -0.494 e. The molecule has 3 heterocycles. The summed E-state index contributed by atoms with van der Waals surface area (Å²) in [6.45, 7) is 15.2. The lowest BCUT2D eigenvalue weighted by atomic mass is 9.99. The van der Waals surface area contributed by atoms with Crippen molar-refractivity contribution in [2.75, 3.05) is 44.4 Å². The SMILES string of the molecule is C=C(/C=C\C(=C/C)c1ccc2ncc(C)c(N(C(C)=O)[C@H]3CCOC3)c2c1)OCCCN1CCCCC1. The van der Waals surface area contributed by atoms with Crippen LogP contribution in [0.15, 0.2) is 55.0 Å². The molecule has 1 aromatic heterocycles. The zero-order chi connectivity index (χ0) is 26.2. The summed E-state index contributed by atoms with van der Waals surface area (Å²) in [5, 5.41) is 0.972. The van der Waals surface area contributed by atoms with Gasteiger partial charge in [-0.1, -0.05) is 31.2 Å². The van der Waals surface area contributed by atoms with E-state index in [4.69, 9.17) is 9.47 Å². The van der Waals surface area contributed by atoms with Crippen molar-refractivity contribution < 1.29 is 14.3 Å². The van der Waals surface area contributed by atoms with Crippen LogP contribution in [-0.4, -0.2) is 61.3 Å². The van der Waals surface area contributed by atoms with Crippen LogP contribution in [-0.2, 0) is 14.3 Å². The molecule has 0 bridgehead atoms. The molecule has 0 unspecified atom stereocenters. The Balaban J connectivity index is 1.48. The number of likely N-dealkylation sites (tertiary alicyclic amines) is 1. The van der Waals surface area contributed by atoms with Crippen LogP contribution in [0.1, 0.15) is 57.1 Å². The molecule has 0 radical (unpaired) electrons. The Morgan fingerprint density at radius 3 is 2.78 bits per heavy atom. The molecule has 0 spiro atoms. The number of aryl methyl sites for hydroxylation is 1. The van der Waals surface area contributed by atoms with Gasteiger partial charge in [0.15, 0.2) is 0 Å². The van der Waals surface area contributed by atoms with Crippen LogP contribution in [0.3, 0.4) is 0 Å². The lowest BCUT2D eigenvalue weighted by molar-refractivity contribution is -0.117. The minimum atomic E-state index is 0.0244. The Morgan fingerprint density at radius 2 is 2.08 bits per heavy atom. The Morgan fingerprint density at radius 1 is 1.27 bits per heavy atom. The molecular weight excluding hydrogens is 462 g/mol. The van der Waals surface area contributed by atoms with Crippen LogP contribution in [0.2, 0.25) is 0 Å². The van der Waals surface area contributed by atoms with E-state index in [-0.39, 0.29) is 11.9 Å². The molecule has 2 saturated heterocycles. The molecule has 0 saturated carbocycles. The predicted octanol–water partition coefficient (Wildman–Crippen LogP) is 6.05. The summed E-state index contributed by atoms with van der Waals surface area (Å²) in [5.41, 5.74) is 4.90. The van der Waals surface area contributed by atoms with Crippen LogP contribution in [0.25, 0.3) is 16.5 Å². The maximum absolute atomic E-state index is 12.8. The minimum absolute atomic E-state index is 0.0244. The highest BCUT2D eigenvalue weighted by Crippen LogP contribution is 2.34. The first-order chi connectivity index (χ1) is 18.0. The lowest BCUT2D eigenvalue weighted by Crippen LogP contribution is -2.40. The summed E-state index contributed by atoms with van der Waals surface area (Å²) in [4.78, 5) is 21.9. The lowest BCUT2D eigenvalue weighted by Gasteiger charge is -2.29. The van der Waals surface area contributed by atoms with E-state index in [0.29, 0.717) is 25.6 Å². The molecule has 6 nitrogen and oxygen atoms in total. The number of benzene rings is 1. The average Bonchev–Trinajstić information content (AvgIpc) is 3.43. The number of fused-ring (bicyclic) bond motifs is 1. The van der Waals surface area contributed by atoms with E-state index in [9.17, 15) is 4.79 Å². The molecule has 2 aliphatic rings. The maximum Gasteiger partial charge on any atom is 0.224 e. The van der Waals surface area contributed by atoms with Crippen molar-refractivity contribution in [3.8, 4) is 0 Å². The van der Waals surface area contributed by atoms with Crippen LogP contribution in [0, 0.1) is 6.92 Å². The second-order valence-electron chi connectivity index (χ2n) is 10.1. The topological polar surface area (TPSA) is 54.9 Å². The second-order valence-corrected chi connectivity index (χ2v) is 10.1. The molecule has 6 heteroatoms. The van der Waals surface area contributed by atoms with Crippen molar-refractivity contribution >= 4 is 28.1 Å². The van der Waals surface area contributed by atoms with E-state index in [1.54, 1.807) is 6.92 Å². The molecule has 4 rings (SSSR count). The molecule has 1 atom stereocenters. The van der Waals surface area contributed by atoms with E-state index in [1.165, 1.54) is 32.4 Å². The number of hydrogen-bond acceptors (Lipinski definition) is 5. The van der Waals surface area contributed by atoms with Gasteiger partial charge in [0.05, 0.1) is 30.5 Å². The molecule has 0 aliphatic carbocycles. The standard InChI is InChI=1S/C31H41N3O3/c1-5-26(11-10-24(3)37-18-9-17-33-15-7-6-8-16-33)27-12-13-30-29(20-27)31(23(2)21-32-30)34(25(4)35)28-14-19-36-22-28/h5,10-13,20-21,28H,3,6-9,14-19,22H2,1-2,4H3/b11-10-,26-5+/t28-/m0/s1. The molecule has 2 aliphatic heterocycles. The zero-order valence-corrected chi connectivity index (χ0v) is 22.7. The van der Waals surface area contributed by atoms with Gasteiger partial charge in [0.1, 0.15) is 5.76 Å². The number of nitrogens with zero attached hydrogens (tertiary/aromatic N) is 3. The first-order valence-corrected chi connectivity index (χ1v) is 13.6. The van der Waals surface area contributed by atoms with Gasteiger partial charge in [0, 0.05) is 31.7 Å². The molecule has 2 fully saturated rings. The Hall–Kier alpha value is -2.96. The van der Waals surface area contributed by atoms with Gasteiger partial charge in [-0.25, -0.2) is 0 Å². The summed E-state index contributed by atoms with van der Waals surface area (Å²) in [6, 6.07) is 6.29. The molecule has 2 aromatic rings. The van der Waals surface area contributed by atoms with Crippen molar-refractivity contribution in [1.82, 2.24) is 9.88 Å². The highest BCUT2D eigenvalue weighted by atomic mass is 16.5. The molecular formula is C31H41N3O3. The number of carbonyl (C=O) groups excluding carboxylic acids is 1. The zero-order valence-electron chi connectivity index (χ0n) is 22.7. The van der Waals surface area contributed by atoms with Crippen LogP contribution < -0.4 is 4.90 Å². The molecule has 37 heavy (non-hydrogen) atoms. The summed E-state index contributed by atoms with van der Waals surface area (Å²) < 4.78 is 11.5. The number of piperidine rings is 1. The van der Waals surface area contributed by atoms with Crippen molar-refractivity contribution in [1.29, 1.82) is 0 Å². The van der Waals surface area contributed by atoms with E-state index < -0.39 is 0 Å². The molecule has 0 N–H and O–H groups in total. The fourth-order valence-electron chi connectivity index (χ4n) is 5.36. The third-order valence-corrected chi connectivity index (χ3v) is 7.32. The van der Waals surface area contributed by atoms with Gasteiger partial charge in [-0.3, -0.25) is 9.78 Å². The Bertz CT molecular complexity index is 1160. The molecule has 1 aromatic carbocycles. The van der Waals surface area contributed by atoms with Gasteiger partial charge in [0.25, 0.3) is 0 Å². The largest absolute Gasteiger partial charge is 0.494 e. The summed E-state index contributed by atoms with van der Waals surface area (Å²) in [6.07, 6.45) is 13.8. The van der Waals surface area contributed by atoms with Crippen molar-refractivity contribution in [2.45, 2.75) is 58.9 Å². The number of carbonyl (C=O) groups is 1. The predicted molar refractivity (Wildman–Crippen MR) is 152 cm³/mol. The van der Waals surface area contributed by atoms with Gasteiger partial charge < -0.3 is 19.3 Å². The molecule has 198 valence electrons. The van der Waals surface area contributed by atoms with Crippen LogP contribution >= 0.6 is 0 Å². The first-order valence-electron chi connectivity index (χ1n) is 13.6. The van der Waals surface area contributed by atoms with Crippen molar-refractivity contribution in [3.05, 3.63) is 66.1 Å². The van der Waals surface area contributed by atoms with Gasteiger partial charge in [-0.2, -0.15) is 0 Å². The number of aromatic nitrogens is 1. The van der Waals surface area contributed by atoms with Crippen molar-refractivity contribution in [2.24, 2.45) is 0 Å². The van der Waals surface area contributed by atoms with E-state index in [1.807, 2.05) is 43.2 Å². The third kappa shape index (κ3) is 6.88. The quantitative estimate of drug-likeness (QED) is 0.224. The van der Waals surface area contributed by atoms with Crippen LogP contribution in [0.5, 0.6) is 0 Å². The maximum atomic E-state index is 12.8. The van der Waals surface area contributed by atoms with E-state index in [0.717, 1.165) is 52.7 Å². The first kappa shape index (κ1) is 27.1. The fourth-order valence-corrected chi connectivity index (χ4v) is 5.36. The van der Waals surface area contributed by atoms with Gasteiger partial charge in [-0.15, -0.1) is 0 Å². The van der Waals surface area contributed by atoms with E-state index in [2.05, 4.69) is 34.7 Å². The number of amides is 1. The average molecular weight is 504 g/mol.